The lowest BCUT2D eigenvalue weighted by Crippen LogP contribution is -2.41. The number of ether oxygens (including phenoxy) is 2. The number of rotatable bonds is 4. The van der Waals surface area contributed by atoms with Crippen LogP contribution < -0.4 is 15.4 Å². The molecule has 1 aliphatic rings. The topological polar surface area (TPSA) is 68.3 Å². The van der Waals surface area contributed by atoms with Gasteiger partial charge in [-0.2, -0.15) is 0 Å². The van der Waals surface area contributed by atoms with E-state index in [1.165, 1.54) is 6.33 Å². The molecule has 0 bridgehead atoms. The zero-order chi connectivity index (χ0) is 13.2. The summed E-state index contributed by atoms with van der Waals surface area (Å²) in [5.74, 6) is 1.99. The van der Waals surface area contributed by atoms with Gasteiger partial charge < -0.3 is 20.1 Å². The van der Waals surface area contributed by atoms with Crippen LogP contribution in [0.4, 0.5) is 11.6 Å². The summed E-state index contributed by atoms with van der Waals surface area (Å²) in [5.41, 5.74) is -0.132. The van der Waals surface area contributed by atoms with Crippen LogP contribution in [0, 0.1) is 0 Å². The summed E-state index contributed by atoms with van der Waals surface area (Å²) in [4.78, 5) is 8.39. The Labute approximate surface area is 107 Å². The lowest BCUT2D eigenvalue weighted by molar-refractivity contribution is 0.105. The molecule has 100 valence electrons. The van der Waals surface area contributed by atoms with E-state index < -0.39 is 0 Å². The van der Waals surface area contributed by atoms with Gasteiger partial charge in [-0.25, -0.2) is 9.97 Å². The summed E-state index contributed by atoms with van der Waals surface area (Å²) >= 11 is 0. The van der Waals surface area contributed by atoms with Gasteiger partial charge in [-0.15, -0.1) is 0 Å². The first kappa shape index (κ1) is 12.9. The standard InChI is InChI=1S/C12H20N4O2/c1-8-12(2,5-6-18-8)16-11-9(17-4)10(13-3)14-7-15-11/h7-8H,5-6H2,1-4H3,(H2,13,14,15,16). The van der Waals surface area contributed by atoms with E-state index in [-0.39, 0.29) is 11.6 Å². The molecule has 2 rings (SSSR count). The third-order valence-corrected chi connectivity index (χ3v) is 3.54. The van der Waals surface area contributed by atoms with Crippen LogP contribution in [0.15, 0.2) is 6.33 Å². The highest BCUT2D eigenvalue weighted by molar-refractivity contribution is 5.64. The van der Waals surface area contributed by atoms with Gasteiger partial charge in [0, 0.05) is 13.7 Å². The molecule has 6 nitrogen and oxygen atoms in total. The number of nitrogens with zero attached hydrogens (tertiary/aromatic N) is 2. The highest BCUT2D eigenvalue weighted by Gasteiger charge is 2.38. The average molecular weight is 252 g/mol. The molecule has 0 spiro atoms. The smallest absolute Gasteiger partial charge is 0.204 e. The van der Waals surface area contributed by atoms with Crippen LogP contribution in [0.2, 0.25) is 0 Å². The fourth-order valence-corrected chi connectivity index (χ4v) is 2.10. The molecule has 1 saturated heterocycles. The number of nitrogens with one attached hydrogen (secondary N) is 2. The Bertz CT molecular complexity index is 427. The average Bonchev–Trinajstić information content (AvgIpc) is 2.69. The van der Waals surface area contributed by atoms with E-state index in [9.17, 15) is 0 Å². The minimum atomic E-state index is -0.132. The van der Waals surface area contributed by atoms with Crippen molar-refractivity contribution in [1.82, 2.24) is 9.97 Å². The van der Waals surface area contributed by atoms with Crippen molar-refractivity contribution in [2.24, 2.45) is 0 Å². The van der Waals surface area contributed by atoms with E-state index in [4.69, 9.17) is 9.47 Å². The lowest BCUT2D eigenvalue weighted by Gasteiger charge is -2.30. The fourth-order valence-electron chi connectivity index (χ4n) is 2.10. The zero-order valence-electron chi connectivity index (χ0n) is 11.3. The van der Waals surface area contributed by atoms with Crippen LogP contribution in [0.5, 0.6) is 5.75 Å². The number of hydrogen-bond acceptors (Lipinski definition) is 6. The molecule has 6 heteroatoms. The number of anilines is 2. The number of hydrogen-bond donors (Lipinski definition) is 2. The summed E-state index contributed by atoms with van der Waals surface area (Å²) in [5, 5.41) is 6.41. The van der Waals surface area contributed by atoms with E-state index in [2.05, 4.69) is 34.4 Å². The van der Waals surface area contributed by atoms with Gasteiger partial charge in [-0.05, 0) is 20.3 Å². The van der Waals surface area contributed by atoms with Crippen molar-refractivity contribution >= 4 is 11.6 Å². The molecule has 2 N–H and O–H groups in total. The van der Waals surface area contributed by atoms with E-state index in [0.29, 0.717) is 17.4 Å². The quantitative estimate of drug-likeness (QED) is 0.846. The third-order valence-electron chi connectivity index (χ3n) is 3.54. The van der Waals surface area contributed by atoms with Crippen molar-refractivity contribution in [1.29, 1.82) is 0 Å². The maximum absolute atomic E-state index is 5.61. The Morgan fingerprint density at radius 1 is 1.44 bits per heavy atom. The van der Waals surface area contributed by atoms with E-state index >= 15 is 0 Å². The van der Waals surface area contributed by atoms with Crippen molar-refractivity contribution in [3.63, 3.8) is 0 Å². The third kappa shape index (κ3) is 2.20. The minimum Gasteiger partial charge on any atom is -0.490 e. The van der Waals surface area contributed by atoms with Gasteiger partial charge in [0.2, 0.25) is 5.75 Å². The maximum Gasteiger partial charge on any atom is 0.204 e. The molecule has 1 fully saturated rings. The summed E-state index contributed by atoms with van der Waals surface area (Å²) in [6.45, 7) is 4.95. The molecule has 18 heavy (non-hydrogen) atoms. The number of aromatic nitrogens is 2. The van der Waals surface area contributed by atoms with E-state index in [0.717, 1.165) is 13.0 Å². The van der Waals surface area contributed by atoms with Crippen molar-refractivity contribution in [3.8, 4) is 5.75 Å². The second-order valence-electron chi connectivity index (χ2n) is 4.66. The Kier molecular flexibility index (Phi) is 3.56. The van der Waals surface area contributed by atoms with Crippen LogP contribution in [0.25, 0.3) is 0 Å². The second kappa shape index (κ2) is 4.97. The Morgan fingerprint density at radius 2 is 2.17 bits per heavy atom. The predicted molar refractivity (Wildman–Crippen MR) is 70.2 cm³/mol. The van der Waals surface area contributed by atoms with Crippen molar-refractivity contribution in [3.05, 3.63) is 6.33 Å². The molecule has 1 aliphatic heterocycles. The van der Waals surface area contributed by atoms with Crippen LogP contribution in [-0.4, -0.2) is 42.4 Å². The largest absolute Gasteiger partial charge is 0.490 e. The van der Waals surface area contributed by atoms with Gasteiger partial charge in [-0.3, -0.25) is 0 Å². The molecule has 2 heterocycles. The first-order valence-electron chi connectivity index (χ1n) is 6.07. The molecule has 1 aromatic rings. The first-order chi connectivity index (χ1) is 8.60. The fraction of sp³-hybridized carbons (Fsp3) is 0.667. The molecule has 2 unspecified atom stereocenters. The van der Waals surface area contributed by atoms with E-state index in [1.54, 1.807) is 14.2 Å². The molecular weight excluding hydrogens is 232 g/mol. The predicted octanol–water partition coefficient (Wildman–Crippen LogP) is 1.51. The van der Waals surface area contributed by atoms with Gasteiger partial charge in [0.25, 0.3) is 0 Å². The molecule has 0 aromatic carbocycles. The van der Waals surface area contributed by atoms with Crippen LogP contribution in [0.3, 0.4) is 0 Å². The first-order valence-corrected chi connectivity index (χ1v) is 6.07. The molecule has 2 atom stereocenters. The van der Waals surface area contributed by atoms with Gasteiger partial charge in [-0.1, -0.05) is 0 Å². The zero-order valence-corrected chi connectivity index (χ0v) is 11.3. The maximum atomic E-state index is 5.61. The SMILES string of the molecule is CNc1ncnc(NC2(C)CCOC2C)c1OC. The summed E-state index contributed by atoms with van der Waals surface area (Å²) in [6.07, 6.45) is 2.59. The molecule has 0 aliphatic carbocycles. The second-order valence-corrected chi connectivity index (χ2v) is 4.66. The Balaban J connectivity index is 2.28. The van der Waals surface area contributed by atoms with Gasteiger partial charge in [0.1, 0.15) is 6.33 Å². The summed E-state index contributed by atoms with van der Waals surface area (Å²) in [7, 11) is 3.42. The monoisotopic (exact) mass is 252 g/mol. The van der Waals surface area contributed by atoms with Crippen LogP contribution in [-0.2, 0) is 4.74 Å². The summed E-state index contributed by atoms with van der Waals surface area (Å²) < 4.78 is 11.0. The lowest BCUT2D eigenvalue weighted by atomic mass is 9.95. The molecule has 0 radical (unpaired) electrons. The Hall–Kier alpha value is -1.56. The molecule has 1 aromatic heterocycles. The molecule has 0 saturated carbocycles. The van der Waals surface area contributed by atoms with Crippen LogP contribution in [0.1, 0.15) is 20.3 Å². The van der Waals surface area contributed by atoms with Gasteiger partial charge in [0.05, 0.1) is 18.8 Å². The van der Waals surface area contributed by atoms with Crippen LogP contribution >= 0.6 is 0 Å². The van der Waals surface area contributed by atoms with E-state index in [1.807, 2.05) is 0 Å². The van der Waals surface area contributed by atoms with Gasteiger partial charge in [0.15, 0.2) is 11.6 Å². The summed E-state index contributed by atoms with van der Waals surface area (Å²) in [6, 6.07) is 0. The number of methoxy groups -OCH3 is 1. The van der Waals surface area contributed by atoms with Crippen molar-refractivity contribution in [2.45, 2.75) is 31.9 Å². The highest BCUT2D eigenvalue weighted by atomic mass is 16.5. The Morgan fingerprint density at radius 3 is 2.72 bits per heavy atom. The van der Waals surface area contributed by atoms with Crippen molar-refractivity contribution < 1.29 is 9.47 Å². The minimum absolute atomic E-state index is 0.132. The molecular formula is C12H20N4O2. The highest BCUT2D eigenvalue weighted by Crippen LogP contribution is 2.35. The van der Waals surface area contributed by atoms with Gasteiger partial charge >= 0.3 is 0 Å². The normalized spacial score (nSPS) is 27.0. The molecule has 0 amide bonds. The van der Waals surface area contributed by atoms with Crippen molar-refractivity contribution in [2.75, 3.05) is 31.4 Å².